The summed E-state index contributed by atoms with van der Waals surface area (Å²) in [7, 11) is 0. The van der Waals surface area contributed by atoms with Crippen LogP contribution in [0.1, 0.15) is 44.0 Å². The third-order valence-corrected chi connectivity index (χ3v) is 4.41. The zero-order valence-electron chi connectivity index (χ0n) is 14.1. The Morgan fingerprint density at radius 3 is 2.74 bits per heavy atom. The number of likely N-dealkylation sites (tertiary alicyclic amines) is 1. The van der Waals surface area contributed by atoms with E-state index in [-0.39, 0.29) is 17.7 Å². The Morgan fingerprint density at radius 1 is 1.35 bits per heavy atom. The van der Waals surface area contributed by atoms with Gasteiger partial charge in [-0.3, -0.25) is 9.59 Å². The highest BCUT2D eigenvalue weighted by Crippen LogP contribution is 2.21. The molecule has 1 aliphatic rings. The van der Waals surface area contributed by atoms with Gasteiger partial charge in [0.2, 0.25) is 0 Å². The van der Waals surface area contributed by atoms with E-state index >= 15 is 0 Å². The predicted octanol–water partition coefficient (Wildman–Crippen LogP) is 2.24. The molecule has 1 aromatic carbocycles. The Kier molecular flexibility index (Phi) is 5.77. The molecule has 1 amide bonds. The fraction of sp³-hybridized carbons (Fsp3) is 0.556. The summed E-state index contributed by atoms with van der Waals surface area (Å²) < 4.78 is 5.74. The number of hydrogen-bond donors (Lipinski definition) is 1. The standard InChI is InChI=1S/C18H26N2O3/c1-12(19)16-7-5-9-20(11-16)18(22)14(3)23-17-8-4-6-15(10-17)13(2)21/h4,6,8,10,12,14,16H,5,7,9,11,19H2,1-3H3. The van der Waals surface area contributed by atoms with Crippen LogP contribution in [0.5, 0.6) is 5.75 Å². The van der Waals surface area contributed by atoms with Gasteiger partial charge in [-0.1, -0.05) is 12.1 Å². The van der Waals surface area contributed by atoms with Gasteiger partial charge in [0, 0.05) is 24.7 Å². The minimum absolute atomic E-state index is 0.0229. The van der Waals surface area contributed by atoms with Crippen molar-refractivity contribution in [3.63, 3.8) is 0 Å². The molecule has 5 nitrogen and oxygen atoms in total. The quantitative estimate of drug-likeness (QED) is 0.845. The van der Waals surface area contributed by atoms with Crippen LogP contribution in [0.25, 0.3) is 0 Å². The van der Waals surface area contributed by atoms with Crippen LogP contribution in [-0.2, 0) is 4.79 Å². The lowest BCUT2D eigenvalue weighted by Gasteiger charge is -2.35. The van der Waals surface area contributed by atoms with Crippen LogP contribution in [0, 0.1) is 5.92 Å². The van der Waals surface area contributed by atoms with Gasteiger partial charge in [0.1, 0.15) is 5.75 Å². The number of amides is 1. The Morgan fingerprint density at radius 2 is 2.09 bits per heavy atom. The van der Waals surface area contributed by atoms with Crippen molar-refractivity contribution in [2.24, 2.45) is 11.7 Å². The highest BCUT2D eigenvalue weighted by atomic mass is 16.5. The first-order valence-electron chi connectivity index (χ1n) is 8.20. The van der Waals surface area contributed by atoms with Gasteiger partial charge in [0.05, 0.1) is 0 Å². The van der Waals surface area contributed by atoms with Gasteiger partial charge in [0.15, 0.2) is 11.9 Å². The van der Waals surface area contributed by atoms with Crippen molar-refractivity contribution in [3.05, 3.63) is 29.8 Å². The lowest BCUT2D eigenvalue weighted by atomic mass is 9.92. The Balaban J connectivity index is 1.99. The van der Waals surface area contributed by atoms with Gasteiger partial charge < -0.3 is 15.4 Å². The number of ether oxygens (including phenoxy) is 1. The summed E-state index contributed by atoms with van der Waals surface area (Å²) in [6.07, 6.45) is 1.46. The van der Waals surface area contributed by atoms with Crippen LogP contribution in [-0.4, -0.2) is 41.8 Å². The van der Waals surface area contributed by atoms with E-state index in [1.54, 1.807) is 31.2 Å². The van der Waals surface area contributed by atoms with Gasteiger partial charge in [-0.15, -0.1) is 0 Å². The van der Waals surface area contributed by atoms with E-state index in [1.165, 1.54) is 6.92 Å². The van der Waals surface area contributed by atoms with Gasteiger partial charge in [-0.05, 0) is 51.7 Å². The van der Waals surface area contributed by atoms with Gasteiger partial charge in [0.25, 0.3) is 5.91 Å². The molecule has 126 valence electrons. The summed E-state index contributed by atoms with van der Waals surface area (Å²) in [5.41, 5.74) is 6.55. The highest BCUT2D eigenvalue weighted by Gasteiger charge is 2.29. The number of hydrogen-bond acceptors (Lipinski definition) is 4. The molecule has 5 heteroatoms. The molecule has 3 atom stereocenters. The molecule has 2 rings (SSSR count). The van der Waals surface area contributed by atoms with Crippen molar-refractivity contribution in [1.82, 2.24) is 4.90 Å². The predicted molar refractivity (Wildman–Crippen MR) is 89.5 cm³/mol. The SMILES string of the molecule is CC(=O)c1cccc(OC(C)C(=O)N2CCCC(C(C)N)C2)c1. The molecule has 0 bridgehead atoms. The second-order valence-corrected chi connectivity index (χ2v) is 6.39. The minimum atomic E-state index is -0.580. The number of carbonyl (C=O) groups excluding carboxylic acids is 2. The topological polar surface area (TPSA) is 72.6 Å². The maximum atomic E-state index is 12.6. The lowest BCUT2D eigenvalue weighted by Crippen LogP contribution is -2.48. The molecular formula is C18H26N2O3. The normalized spacial score (nSPS) is 20.7. The summed E-state index contributed by atoms with van der Waals surface area (Å²) in [6, 6.07) is 7.02. The monoisotopic (exact) mass is 318 g/mol. The molecule has 1 fully saturated rings. The number of nitrogens with two attached hydrogens (primary N) is 1. The van der Waals surface area contributed by atoms with E-state index in [4.69, 9.17) is 10.5 Å². The van der Waals surface area contributed by atoms with Crippen molar-refractivity contribution in [2.75, 3.05) is 13.1 Å². The van der Waals surface area contributed by atoms with Crippen molar-refractivity contribution in [1.29, 1.82) is 0 Å². The number of benzene rings is 1. The first-order chi connectivity index (χ1) is 10.9. The smallest absolute Gasteiger partial charge is 0.263 e. The second kappa shape index (κ2) is 7.59. The summed E-state index contributed by atoms with van der Waals surface area (Å²) in [4.78, 5) is 25.8. The van der Waals surface area contributed by atoms with Crippen molar-refractivity contribution in [3.8, 4) is 5.75 Å². The average Bonchev–Trinajstić information content (AvgIpc) is 2.54. The highest BCUT2D eigenvalue weighted by molar-refractivity contribution is 5.94. The first-order valence-corrected chi connectivity index (χ1v) is 8.20. The summed E-state index contributed by atoms with van der Waals surface area (Å²) >= 11 is 0. The molecule has 23 heavy (non-hydrogen) atoms. The van der Waals surface area contributed by atoms with E-state index in [0.717, 1.165) is 19.4 Å². The Hall–Kier alpha value is -1.88. The van der Waals surface area contributed by atoms with Gasteiger partial charge in [-0.2, -0.15) is 0 Å². The van der Waals surface area contributed by atoms with Crippen molar-refractivity contribution >= 4 is 11.7 Å². The third-order valence-electron chi connectivity index (χ3n) is 4.41. The molecule has 0 saturated carbocycles. The number of rotatable bonds is 5. The largest absolute Gasteiger partial charge is 0.481 e. The van der Waals surface area contributed by atoms with Gasteiger partial charge in [-0.25, -0.2) is 0 Å². The maximum Gasteiger partial charge on any atom is 0.263 e. The molecule has 0 spiro atoms. The van der Waals surface area contributed by atoms with E-state index < -0.39 is 6.10 Å². The molecule has 1 aliphatic heterocycles. The van der Waals surface area contributed by atoms with E-state index in [0.29, 0.717) is 23.8 Å². The summed E-state index contributed by atoms with van der Waals surface area (Å²) in [5.74, 6) is 0.842. The molecule has 1 saturated heterocycles. The zero-order chi connectivity index (χ0) is 17.0. The van der Waals surface area contributed by atoms with Crippen LogP contribution in [0.4, 0.5) is 0 Å². The van der Waals surface area contributed by atoms with Crippen LogP contribution in [0.3, 0.4) is 0 Å². The third kappa shape index (κ3) is 4.55. The molecule has 3 unspecified atom stereocenters. The van der Waals surface area contributed by atoms with Crippen molar-refractivity contribution in [2.45, 2.75) is 45.8 Å². The van der Waals surface area contributed by atoms with E-state index in [2.05, 4.69) is 0 Å². The van der Waals surface area contributed by atoms with Gasteiger partial charge >= 0.3 is 0 Å². The number of Topliss-reactive ketones (excluding diaryl/α,β-unsaturated/α-hetero) is 1. The van der Waals surface area contributed by atoms with Crippen LogP contribution in [0.2, 0.25) is 0 Å². The lowest BCUT2D eigenvalue weighted by molar-refractivity contribution is -0.139. The van der Waals surface area contributed by atoms with E-state index in [9.17, 15) is 9.59 Å². The van der Waals surface area contributed by atoms with E-state index in [1.807, 2.05) is 11.8 Å². The molecule has 0 aliphatic carbocycles. The number of ketones is 1. The second-order valence-electron chi connectivity index (χ2n) is 6.39. The van der Waals surface area contributed by atoms with Crippen LogP contribution < -0.4 is 10.5 Å². The Bertz CT molecular complexity index is 571. The fourth-order valence-electron chi connectivity index (χ4n) is 2.94. The molecule has 0 radical (unpaired) electrons. The van der Waals surface area contributed by atoms with Crippen molar-refractivity contribution < 1.29 is 14.3 Å². The molecule has 2 N–H and O–H groups in total. The average molecular weight is 318 g/mol. The first kappa shape index (κ1) is 17.5. The molecule has 1 heterocycles. The summed E-state index contributed by atoms with van der Waals surface area (Å²) in [6.45, 7) is 6.70. The number of piperidine rings is 1. The number of nitrogens with zero attached hydrogens (tertiary/aromatic N) is 1. The fourth-order valence-corrected chi connectivity index (χ4v) is 2.94. The maximum absolute atomic E-state index is 12.6. The van der Waals surface area contributed by atoms with Crippen LogP contribution >= 0.6 is 0 Å². The minimum Gasteiger partial charge on any atom is -0.481 e. The molecule has 0 aromatic heterocycles. The molecule has 1 aromatic rings. The summed E-state index contributed by atoms with van der Waals surface area (Å²) in [5, 5.41) is 0. The zero-order valence-corrected chi connectivity index (χ0v) is 14.1. The number of carbonyl (C=O) groups is 2. The Labute approximate surface area is 137 Å². The van der Waals surface area contributed by atoms with Crippen LogP contribution in [0.15, 0.2) is 24.3 Å². The molecular weight excluding hydrogens is 292 g/mol.